The second-order valence-corrected chi connectivity index (χ2v) is 4.81. The van der Waals surface area contributed by atoms with Crippen molar-refractivity contribution in [2.24, 2.45) is 10.2 Å². The summed E-state index contributed by atoms with van der Waals surface area (Å²) in [6.45, 7) is 0. The van der Waals surface area contributed by atoms with Gasteiger partial charge in [0.15, 0.2) is 5.17 Å². The smallest absolute Gasteiger partial charge is 0.419 e. The highest BCUT2D eigenvalue weighted by Crippen LogP contribution is 2.37. The third-order valence-electron chi connectivity index (χ3n) is 2.39. The minimum absolute atomic E-state index is 0.142. The molecule has 2 N–H and O–H groups in total. The van der Waals surface area contributed by atoms with Crippen molar-refractivity contribution in [2.75, 3.05) is 5.75 Å². The number of carbonyl (C=O) groups excluding carboxylic acids is 1. The Bertz CT molecular complexity index is 643. The van der Waals surface area contributed by atoms with Crippen LogP contribution in [0.15, 0.2) is 22.3 Å². The molecule has 0 radical (unpaired) electrons. The van der Waals surface area contributed by atoms with Gasteiger partial charge in [-0.3, -0.25) is 4.79 Å². The molecule has 0 spiro atoms. The van der Waals surface area contributed by atoms with Gasteiger partial charge in [0.1, 0.15) is 11.6 Å². The molecule has 1 amide bonds. The Morgan fingerprint density at radius 2 is 2.10 bits per heavy atom. The number of thioether (sulfide) groups is 1. The lowest BCUT2D eigenvalue weighted by molar-refractivity contribution is -0.138. The monoisotopic (exact) mass is 321 g/mol. The number of nitrogens with zero attached hydrogens (tertiary/aromatic N) is 2. The Labute approximate surface area is 119 Å². The summed E-state index contributed by atoms with van der Waals surface area (Å²) in [4.78, 5) is 10.9. The molecule has 0 unspecified atom stereocenters. The fraction of sp³-hybridized carbons (Fsp3) is 0.182. The number of amidine groups is 1. The van der Waals surface area contributed by atoms with Crippen molar-refractivity contribution in [1.29, 1.82) is 0 Å². The molecule has 0 atom stereocenters. The topological polar surface area (TPSA) is 74.0 Å². The van der Waals surface area contributed by atoms with E-state index in [0.29, 0.717) is 18.3 Å². The Morgan fingerprint density at radius 1 is 1.38 bits per heavy atom. The van der Waals surface area contributed by atoms with Crippen molar-refractivity contribution in [3.05, 3.63) is 29.1 Å². The number of hydrogen-bond acceptors (Lipinski definition) is 5. The number of carbonyl (C=O) groups is 1. The maximum Gasteiger partial charge on any atom is 0.419 e. The second kappa shape index (κ2) is 5.72. The molecule has 1 aromatic carbocycles. The summed E-state index contributed by atoms with van der Waals surface area (Å²) in [6.07, 6.45) is -4.17. The number of amides is 1. The highest BCUT2D eigenvalue weighted by Gasteiger charge is 2.35. The number of benzene rings is 1. The molecule has 0 aliphatic carbocycles. The van der Waals surface area contributed by atoms with Crippen LogP contribution in [0.3, 0.4) is 0 Å². The predicted molar refractivity (Wildman–Crippen MR) is 68.7 cm³/mol. The van der Waals surface area contributed by atoms with Gasteiger partial charge in [-0.2, -0.15) is 18.3 Å². The first-order valence-electron chi connectivity index (χ1n) is 5.41. The number of halogens is 4. The van der Waals surface area contributed by atoms with Crippen LogP contribution in [0.25, 0.3) is 0 Å². The Kier molecular flexibility index (Phi) is 4.16. The average Bonchev–Trinajstić information content (AvgIpc) is 2.77. The molecule has 1 fully saturated rings. The summed E-state index contributed by atoms with van der Waals surface area (Å²) in [5.74, 6) is -2.48. The zero-order valence-corrected chi connectivity index (χ0v) is 10.9. The molecule has 0 aromatic heterocycles. The van der Waals surface area contributed by atoms with Crippen LogP contribution in [0.2, 0.25) is 0 Å². The minimum atomic E-state index is -4.82. The van der Waals surface area contributed by atoms with Gasteiger partial charge in [-0.05, 0) is 12.1 Å². The van der Waals surface area contributed by atoms with Crippen molar-refractivity contribution in [3.63, 3.8) is 0 Å². The zero-order valence-electron chi connectivity index (χ0n) is 10.1. The maximum atomic E-state index is 13.4. The Morgan fingerprint density at radius 3 is 2.67 bits per heavy atom. The predicted octanol–water partition coefficient (Wildman–Crippen LogP) is 2.10. The van der Waals surface area contributed by atoms with Crippen LogP contribution in [-0.2, 0) is 11.0 Å². The number of nitrogens with one attached hydrogen (secondary N) is 1. The second-order valence-electron chi connectivity index (χ2n) is 3.84. The van der Waals surface area contributed by atoms with E-state index in [9.17, 15) is 27.5 Å². The number of phenols is 1. The fourth-order valence-electron chi connectivity index (χ4n) is 1.45. The third-order valence-corrected chi connectivity index (χ3v) is 3.25. The molecule has 2 rings (SSSR count). The molecule has 1 aliphatic rings. The quantitative estimate of drug-likeness (QED) is 0.498. The summed E-state index contributed by atoms with van der Waals surface area (Å²) in [6, 6.07) is 1.00. The number of aromatic hydroxyl groups is 1. The molecule has 1 aliphatic heterocycles. The average molecular weight is 321 g/mol. The highest BCUT2D eigenvalue weighted by atomic mass is 32.2. The van der Waals surface area contributed by atoms with E-state index in [0.717, 1.165) is 11.8 Å². The standard InChI is InChI=1S/C11H7F4N3O2S/c12-7-2-1-6(11(13,14)15)9(20)5(7)3-16-18-10-17-8(19)4-21-10/h1-3,20H,4H2,(H,17,18,19). The third kappa shape index (κ3) is 3.51. The molecule has 0 bridgehead atoms. The SMILES string of the molecule is O=C1CSC(=NN=Cc2c(F)ccc(C(F)(F)F)c2O)N1. The van der Waals surface area contributed by atoms with Gasteiger partial charge in [0.2, 0.25) is 5.91 Å². The lowest BCUT2D eigenvalue weighted by atomic mass is 10.1. The van der Waals surface area contributed by atoms with E-state index in [1.165, 1.54) is 0 Å². The van der Waals surface area contributed by atoms with Crippen LogP contribution in [-0.4, -0.2) is 28.1 Å². The van der Waals surface area contributed by atoms with Gasteiger partial charge in [0.25, 0.3) is 0 Å². The van der Waals surface area contributed by atoms with Gasteiger partial charge in [0, 0.05) is 0 Å². The van der Waals surface area contributed by atoms with Crippen LogP contribution < -0.4 is 5.32 Å². The molecule has 5 nitrogen and oxygen atoms in total. The molecule has 112 valence electrons. The van der Waals surface area contributed by atoms with E-state index < -0.39 is 28.9 Å². The zero-order chi connectivity index (χ0) is 15.6. The Hall–Kier alpha value is -2.10. The van der Waals surface area contributed by atoms with Crippen molar-refractivity contribution in [1.82, 2.24) is 5.32 Å². The first-order chi connectivity index (χ1) is 9.79. The normalized spacial score (nSPS) is 17.7. The van der Waals surface area contributed by atoms with Crippen LogP contribution in [0.5, 0.6) is 5.75 Å². The van der Waals surface area contributed by atoms with Crippen molar-refractivity contribution in [3.8, 4) is 5.75 Å². The first-order valence-corrected chi connectivity index (χ1v) is 6.40. The maximum absolute atomic E-state index is 13.4. The summed E-state index contributed by atoms with van der Waals surface area (Å²) < 4.78 is 51.1. The molecular weight excluding hydrogens is 314 g/mol. The van der Waals surface area contributed by atoms with Gasteiger partial charge in [-0.25, -0.2) is 4.39 Å². The Balaban J connectivity index is 2.29. The van der Waals surface area contributed by atoms with Crippen LogP contribution in [0.1, 0.15) is 11.1 Å². The van der Waals surface area contributed by atoms with Gasteiger partial charge in [0.05, 0.1) is 23.1 Å². The van der Waals surface area contributed by atoms with E-state index in [4.69, 9.17) is 0 Å². The molecule has 21 heavy (non-hydrogen) atoms. The number of phenolic OH excluding ortho intramolecular Hbond substituents is 1. The summed E-state index contributed by atoms with van der Waals surface area (Å²) in [5, 5.41) is 18.8. The first kappa shape index (κ1) is 15.3. The van der Waals surface area contributed by atoms with Crippen molar-refractivity contribution >= 4 is 29.1 Å². The number of hydrogen-bond donors (Lipinski definition) is 2. The van der Waals surface area contributed by atoms with E-state index in [2.05, 4.69) is 15.5 Å². The molecule has 0 saturated carbocycles. The van der Waals surface area contributed by atoms with Gasteiger partial charge in [-0.1, -0.05) is 11.8 Å². The lowest BCUT2D eigenvalue weighted by Gasteiger charge is -2.10. The molecule has 1 aromatic rings. The fourth-order valence-corrected chi connectivity index (χ4v) is 2.08. The lowest BCUT2D eigenvalue weighted by Crippen LogP contribution is -2.19. The largest absolute Gasteiger partial charge is 0.507 e. The molecule has 10 heteroatoms. The molecule has 1 heterocycles. The number of rotatable bonds is 2. The van der Waals surface area contributed by atoms with Crippen LogP contribution in [0, 0.1) is 5.82 Å². The van der Waals surface area contributed by atoms with Crippen LogP contribution in [0.4, 0.5) is 17.6 Å². The van der Waals surface area contributed by atoms with Crippen molar-refractivity contribution < 1.29 is 27.5 Å². The van der Waals surface area contributed by atoms with E-state index in [1.807, 2.05) is 0 Å². The van der Waals surface area contributed by atoms with Gasteiger partial charge >= 0.3 is 6.18 Å². The van der Waals surface area contributed by atoms with Gasteiger partial charge < -0.3 is 10.4 Å². The number of alkyl halides is 3. The summed E-state index contributed by atoms with van der Waals surface area (Å²) in [5.41, 5.74) is -2.11. The highest BCUT2D eigenvalue weighted by molar-refractivity contribution is 8.15. The summed E-state index contributed by atoms with van der Waals surface area (Å²) >= 11 is 1.04. The summed E-state index contributed by atoms with van der Waals surface area (Å²) in [7, 11) is 0. The van der Waals surface area contributed by atoms with Crippen molar-refractivity contribution in [2.45, 2.75) is 6.18 Å². The van der Waals surface area contributed by atoms with E-state index in [1.54, 1.807) is 0 Å². The van der Waals surface area contributed by atoms with Crippen LogP contribution >= 0.6 is 11.8 Å². The van der Waals surface area contributed by atoms with E-state index >= 15 is 0 Å². The molecular formula is C11H7F4N3O2S. The van der Waals surface area contributed by atoms with Gasteiger partial charge in [-0.15, -0.1) is 5.10 Å². The minimum Gasteiger partial charge on any atom is -0.507 e. The van der Waals surface area contributed by atoms with E-state index in [-0.39, 0.29) is 16.8 Å². The molecule has 1 saturated heterocycles.